The third-order valence-electron chi connectivity index (χ3n) is 7.56. The van der Waals surface area contributed by atoms with Gasteiger partial charge in [-0.15, -0.1) is 0 Å². The number of urea groups is 1. The van der Waals surface area contributed by atoms with Crippen molar-refractivity contribution in [1.82, 2.24) is 9.88 Å². The Morgan fingerprint density at radius 3 is 2.56 bits per heavy atom. The molecule has 3 N–H and O–H groups in total. The number of carbonyl (C=O) groups is 2. The molecule has 0 atom stereocenters. The molecular weight excluding hydrogens is 490 g/mol. The summed E-state index contributed by atoms with van der Waals surface area (Å²) in [5, 5.41) is 10.8. The fourth-order valence-electron chi connectivity index (χ4n) is 5.26. The van der Waals surface area contributed by atoms with Crippen molar-refractivity contribution in [1.29, 1.82) is 0 Å². The van der Waals surface area contributed by atoms with Crippen LogP contribution in [0.3, 0.4) is 0 Å². The van der Waals surface area contributed by atoms with Crippen LogP contribution in [0.2, 0.25) is 0 Å². The smallest absolute Gasteiger partial charge is 0.323 e. The molecule has 0 spiro atoms. The van der Waals surface area contributed by atoms with Crippen LogP contribution in [0, 0.1) is 0 Å². The molecule has 0 saturated carbocycles. The largest absolute Gasteiger partial charge is 0.379 e. The summed E-state index contributed by atoms with van der Waals surface area (Å²) in [6, 6.07) is 21.3. The molecule has 0 unspecified atom stereocenters. The lowest BCUT2D eigenvalue weighted by molar-refractivity contribution is -0.119. The second kappa shape index (κ2) is 10.1. The molecule has 8 nitrogen and oxygen atoms in total. The van der Waals surface area contributed by atoms with E-state index < -0.39 is 5.41 Å². The van der Waals surface area contributed by atoms with Gasteiger partial charge in [0.1, 0.15) is 0 Å². The van der Waals surface area contributed by atoms with Crippen molar-refractivity contribution in [2.24, 2.45) is 0 Å². The SMILES string of the molecule is CC1(C)C(=O)Nc2ccc(NC(=O)Nc3ccc(-c4ccc(CN5CCOCC5)nc4)c4ccccc34)cc21. The summed E-state index contributed by atoms with van der Waals surface area (Å²) >= 11 is 0. The lowest BCUT2D eigenvalue weighted by Crippen LogP contribution is -2.35. The van der Waals surface area contributed by atoms with Crippen molar-refractivity contribution in [2.45, 2.75) is 25.8 Å². The maximum atomic E-state index is 13.0. The van der Waals surface area contributed by atoms with E-state index in [2.05, 4.69) is 39.0 Å². The molecule has 6 rings (SSSR count). The number of benzene rings is 3. The highest BCUT2D eigenvalue weighted by molar-refractivity contribution is 6.10. The van der Waals surface area contributed by atoms with Crippen molar-refractivity contribution >= 4 is 39.8 Å². The molecule has 0 radical (unpaired) electrons. The van der Waals surface area contributed by atoms with Gasteiger partial charge in [0, 0.05) is 48.2 Å². The van der Waals surface area contributed by atoms with E-state index in [0.717, 1.165) is 71.7 Å². The predicted octanol–water partition coefficient (Wildman–Crippen LogP) is 5.61. The maximum Gasteiger partial charge on any atom is 0.323 e. The van der Waals surface area contributed by atoms with Gasteiger partial charge in [0.15, 0.2) is 0 Å². The van der Waals surface area contributed by atoms with Gasteiger partial charge < -0.3 is 20.7 Å². The third kappa shape index (κ3) is 4.96. The van der Waals surface area contributed by atoms with E-state index >= 15 is 0 Å². The Balaban J connectivity index is 1.20. The normalized spacial score (nSPS) is 16.5. The van der Waals surface area contributed by atoms with Crippen molar-refractivity contribution < 1.29 is 14.3 Å². The van der Waals surface area contributed by atoms with Crippen molar-refractivity contribution in [2.75, 3.05) is 42.3 Å². The van der Waals surface area contributed by atoms with E-state index in [1.54, 1.807) is 6.07 Å². The molecule has 198 valence electrons. The monoisotopic (exact) mass is 521 g/mol. The van der Waals surface area contributed by atoms with E-state index in [1.807, 2.05) is 62.5 Å². The minimum Gasteiger partial charge on any atom is -0.379 e. The van der Waals surface area contributed by atoms with E-state index in [0.29, 0.717) is 11.4 Å². The number of nitrogens with zero attached hydrogens (tertiary/aromatic N) is 2. The van der Waals surface area contributed by atoms with Crippen LogP contribution in [0.4, 0.5) is 21.9 Å². The molecular formula is C31H31N5O3. The Bertz CT molecular complexity index is 1560. The zero-order valence-electron chi connectivity index (χ0n) is 22.1. The van der Waals surface area contributed by atoms with Crippen molar-refractivity contribution in [3.05, 3.63) is 84.2 Å². The minimum atomic E-state index is -0.648. The Kier molecular flexibility index (Phi) is 6.50. The number of fused-ring (bicyclic) bond motifs is 2. The summed E-state index contributed by atoms with van der Waals surface area (Å²) in [6.07, 6.45) is 1.92. The van der Waals surface area contributed by atoms with E-state index in [1.165, 1.54) is 0 Å². The maximum absolute atomic E-state index is 13.0. The molecule has 2 aliphatic rings. The molecule has 3 amide bonds. The van der Waals surface area contributed by atoms with Crippen LogP contribution in [-0.2, 0) is 21.5 Å². The van der Waals surface area contributed by atoms with Crippen LogP contribution < -0.4 is 16.0 Å². The second-order valence-electron chi connectivity index (χ2n) is 10.6. The highest BCUT2D eigenvalue weighted by Gasteiger charge is 2.38. The molecule has 0 aliphatic carbocycles. The van der Waals surface area contributed by atoms with Crippen molar-refractivity contribution in [3.63, 3.8) is 0 Å². The van der Waals surface area contributed by atoms with Gasteiger partial charge in [0.2, 0.25) is 5.91 Å². The fourth-order valence-corrected chi connectivity index (χ4v) is 5.26. The first kappa shape index (κ1) is 25.0. The Hall–Kier alpha value is -4.27. The average molecular weight is 522 g/mol. The molecule has 1 aromatic heterocycles. The predicted molar refractivity (Wildman–Crippen MR) is 154 cm³/mol. The second-order valence-corrected chi connectivity index (χ2v) is 10.6. The number of hydrogen-bond donors (Lipinski definition) is 3. The fraction of sp³-hybridized carbons (Fsp3) is 0.258. The van der Waals surface area contributed by atoms with Crippen LogP contribution in [0.5, 0.6) is 0 Å². The summed E-state index contributed by atoms with van der Waals surface area (Å²) in [5.41, 5.74) is 5.45. The van der Waals surface area contributed by atoms with Crippen LogP contribution in [0.15, 0.2) is 72.9 Å². The number of aromatic nitrogens is 1. The number of carbonyl (C=O) groups excluding carboxylic acids is 2. The Morgan fingerprint density at radius 2 is 1.79 bits per heavy atom. The summed E-state index contributed by atoms with van der Waals surface area (Å²) in [7, 11) is 0. The first-order chi connectivity index (χ1) is 18.9. The molecule has 8 heteroatoms. The number of hydrogen-bond acceptors (Lipinski definition) is 5. The van der Waals surface area contributed by atoms with Gasteiger partial charge in [-0.2, -0.15) is 0 Å². The van der Waals surface area contributed by atoms with Crippen LogP contribution in [-0.4, -0.2) is 48.1 Å². The number of anilines is 3. The number of morpholine rings is 1. The quantitative estimate of drug-likeness (QED) is 0.317. The van der Waals surface area contributed by atoms with Gasteiger partial charge in [-0.1, -0.05) is 36.4 Å². The zero-order chi connectivity index (χ0) is 27.0. The summed E-state index contributed by atoms with van der Waals surface area (Å²) in [6.45, 7) is 7.96. The Morgan fingerprint density at radius 1 is 1.00 bits per heavy atom. The average Bonchev–Trinajstić information content (AvgIpc) is 3.17. The first-order valence-corrected chi connectivity index (χ1v) is 13.2. The highest BCUT2D eigenvalue weighted by atomic mass is 16.5. The third-order valence-corrected chi connectivity index (χ3v) is 7.56. The van der Waals surface area contributed by atoms with Gasteiger partial charge in [0.05, 0.1) is 30.0 Å². The van der Waals surface area contributed by atoms with Crippen LogP contribution in [0.1, 0.15) is 25.1 Å². The molecule has 3 aromatic carbocycles. The van der Waals surface area contributed by atoms with Crippen LogP contribution >= 0.6 is 0 Å². The van der Waals surface area contributed by atoms with Gasteiger partial charge in [-0.25, -0.2) is 4.79 Å². The lowest BCUT2D eigenvalue weighted by atomic mass is 9.86. The molecule has 39 heavy (non-hydrogen) atoms. The summed E-state index contributed by atoms with van der Waals surface area (Å²) in [4.78, 5) is 32.3. The summed E-state index contributed by atoms with van der Waals surface area (Å²) in [5.74, 6) is -0.0485. The van der Waals surface area contributed by atoms with Crippen molar-refractivity contribution in [3.8, 4) is 11.1 Å². The Labute approximate surface area is 227 Å². The number of ether oxygens (including phenoxy) is 1. The molecule has 3 heterocycles. The molecule has 1 fully saturated rings. The van der Waals surface area contributed by atoms with Gasteiger partial charge >= 0.3 is 6.03 Å². The zero-order valence-corrected chi connectivity index (χ0v) is 22.1. The lowest BCUT2D eigenvalue weighted by Gasteiger charge is -2.26. The minimum absolute atomic E-state index is 0.0485. The van der Waals surface area contributed by atoms with E-state index in [4.69, 9.17) is 9.72 Å². The molecule has 1 saturated heterocycles. The number of rotatable bonds is 5. The van der Waals surface area contributed by atoms with Gasteiger partial charge in [-0.05, 0) is 60.7 Å². The van der Waals surface area contributed by atoms with E-state index in [-0.39, 0.29) is 11.9 Å². The molecule has 4 aromatic rings. The van der Waals surface area contributed by atoms with Gasteiger partial charge in [-0.3, -0.25) is 14.7 Å². The molecule has 2 aliphatic heterocycles. The van der Waals surface area contributed by atoms with Crippen LogP contribution in [0.25, 0.3) is 21.9 Å². The molecule has 0 bridgehead atoms. The van der Waals surface area contributed by atoms with E-state index in [9.17, 15) is 9.59 Å². The number of nitrogens with one attached hydrogen (secondary N) is 3. The number of pyridine rings is 1. The standard InChI is InChI=1S/C31H31N5O3/c1-31(2)26-17-21(9-11-28(26)34-29(31)37)33-30(38)35-27-12-10-23(24-5-3-4-6-25(24)27)20-7-8-22(32-18-20)19-36-13-15-39-16-14-36/h3-12,17-18H,13-16,19H2,1-2H3,(H,34,37)(H2,33,35,38). The summed E-state index contributed by atoms with van der Waals surface area (Å²) < 4.78 is 5.44. The highest BCUT2D eigenvalue weighted by Crippen LogP contribution is 2.39. The van der Waals surface area contributed by atoms with Gasteiger partial charge in [0.25, 0.3) is 0 Å². The topological polar surface area (TPSA) is 95.6 Å². The number of amides is 3. The first-order valence-electron chi connectivity index (χ1n) is 13.2.